The van der Waals surface area contributed by atoms with E-state index in [1.54, 1.807) is 42.5 Å². The minimum absolute atomic E-state index is 0.146. The van der Waals surface area contributed by atoms with Gasteiger partial charge in [-0.2, -0.15) is 0 Å². The van der Waals surface area contributed by atoms with Gasteiger partial charge in [-0.05, 0) is 53.8 Å². The Morgan fingerprint density at radius 1 is 1.13 bits per heavy atom. The second-order valence-electron chi connectivity index (χ2n) is 5.14. The molecule has 0 aliphatic rings. The van der Waals surface area contributed by atoms with Crippen molar-refractivity contribution < 1.29 is 18.6 Å². The molecule has 0 amide bonds. The number of nitrogens with zero attached hydrogens (tertiary/aromatic N) is 1. The average Bonchev–Trinajstić information content (AvgIpc) is 2.53. The smallest absolute Gasteiger partial charge is 0.264 e. The average molecular weight is 447 g/mol. The zero-order chi connectivity index (χ0) is 17.0. The number of halogens is 1. The van der Waals surface area contributed by atoms with Gasteiger partial charge in [-0.15, -0.1) is 0 Å². The first-order valence-corrected chi connectivity index (χ1v) is 9.51. The Kier molecular flexibility index (Phi) is 6.01. The lowest BCUT2D eigenvalue weighted by molar-refractivity contribution is 0.102. The Bertz CT molecular complexity index is 762. The van der Waals surface area contributed by atoms with E-state index in [-0.39, 0.29) is 11.4 Å². The summed E-state index contributed by atoms with van der Waals surface area (Å²) in [5, 5.41) is 18.9. The summed E-state index contributed by atoms with van der Waals surface area (Å²) in [7, 11) is -3.84. The molecule has 0 radical (unpaired) electrons. The number of hydrogen-bond donors (Lipinski definition) is 2. The number of aliphatic hydroxyl groups excluding tert-OH is 2. The van der Waals surface area contributed by atoms with Gasteiger partial charge in [0.2, 0.25) is 0 Å². The van der Waals surface area contributed by atoms with Gasteiger partial charge in [0.1, 0.15) is 0 Å². The van der Waals surface area contributed by atoms with Gasteiger partial charge in [0, 0.05) is 3.57 Å². The summed E-state index contributed by atoms with van der Waals surface area (Å²) < 4.78 is 27.8. The molecule has 2 rings (SSSR count). The maximum atomic E-state index is 13.0. The number of benzene rings is 2. The first-order valence-electron chi connectivity index (χ1n) is 6.99. The van der Waals surface area contributed by atoms with Gasteiger partial charge < -0.3 is 10.2 Å². The van der Waals surface area contributed by atoms with Crippen LogP contribution in [-0.4, -0.2) is 37.9 Å². The number of anilines is 1. The van der Waals surface area contributed by atoms with Crippen molar-refractivity contribution in [3.05, 3.63) is 57.7 Å². The Morgan fingerprint density at radius 3 is 2.30 bits per heavy atom. The lowest BCUT2D eigenvalue weighted by Gasteiger charge is -2.27. The maximum Gasteiger partial charge on any atom is 0.264 e. The number of aliphatic hydroxyl groups is 2. The van der Waals surface area contributed by atoms with Crippen molar-refractivity contribution in [2.24, 2.45) is 0 Å². The number of hydrogen-bond acceptors (Lipinski definition) is 4. The summed E-state index contributed by atoms with van der Waals surface area (Å²) in [4.78, 5) is 0.146. The van der Waals surface area contributed by atoms with E-state index in [9.17, 15) is 13.5 Å². The normalized spacial score (nSPS) is 12.9. The number of aryl methyl sites for hydroxylation is 1. The molecule has 23 heavy (non-hydrogen) atoms. The number of para-hydroxylation sites is 1. The quantitative estimate of drug-likeness (QED) is 0.666. The molecule has 0 aromatic heterocycles. The molecule has 1 atom stereocenters. The lowest BCUT2D eigenvalue weighted by atomic mass is 10.2. The van der Waals surface area contributed by atoms with Crippen molar-refractivity contribution in [3.63, 3.8) is 0 Å². The van der Waals surface area contributed by atoms with Gasteiger partial charge in [-0.25, -0.2) is 8.42 Å². The zero-order valence-corrected chi connectivity index (χ0v) is 15.5. The fraction of sp³-hybridized carbons (Fsp3) is 0.250. The molecule has 7 heteroatoms. The molecule has 0 aliphatic heterocycles. The van der Waals surface area contributed by atoms with Gasteiger partial charge in [-0.1, -0.05) is 29.8 Å². The highest BCUT2D eigenvalue weighted by Crippen LogP contribution is 2.28. The maximum absolute atomic E-state index is 13.0. The van der Waals surface area contributed by atoms with Crippen molar-refractivity contribution in [1.29, 1.82) is 0 Å². The van der Waals surface area contributed by atoms with Gasteiger partial charge >= 0.3 is 0 Å². The van der Waals surface area contributed by atoms with Crippen LogP contribution in [0, 0.1) is 10.5 Å². The second kappa shape index (κ2) is 7.61. The molecule has 0 bridgehead atoms. The third-order valence-corrected chi connectivity index (χ3v) is 6.02. The van der Waals surface area contributed by atoms with Gasteiger partial charge in [0.25, 0.3) is 10.0 Å². The molecule has 5 nitrogen and oxygen atoms in total. The van der Waals surface area contributed by atoms with E-state index in [0.29, 0.717) is 5.69 Å². The van der Waals surface area contributed by atoms with E-state index in [1.165, 1.54) is 0 Å². The van der Waals surface area contributed by atoms with Crippen LogP contribution in [0.5, 0.6) is 0 Å². The van der Waals surface area contributed by atoms with Crippen molar-refractivity contribution in [2.75, 3.05) is 17.5 Å². The highest BCUT2D eigenvalue weighted by molar-refractivity contribution is 14.1. The van der Waals surface area contributed by atoms with Crippen molar-refractivity contribution in [3.8, 4) is 0 Å². The van der Waals surface area contributed by atoms with E-state index in [0.717, 1.165) is 13.4 Å². The molecule has 2 N–H and O–H groups in total. The fourth-order valence-corrected chi connectivity index (χ4v) is 4.43. The highest BCUT2D eigenvalue weighted by atomic mass is 127. The van der Waals surface area contributed by atoms with E-state index in [2.05, 4.69) is 0 Å². The topological polar surface area (TPSA) is 77.8 Å². The van der Waals surface area contributed by atoms with Crippen LogP contribution < -0.4 is 4.31 Å². The number of rotatable bonds is 6. The molecule has 0 heterocycles. The van der Waals surface area contributed by atoms with E-state index in [4.69, 9.17) is 5.11 Å². The summed E-state index contributed by atoms with van der Waals surface area (Å²) in [5.41, 5.74) is 1.43. The van der Waals surface area contributed by atoms with Gasteiger partial charge in [0.15, 0.2) is 0 Å². The van der Waals surface area contributed by atoms with Gasteiger partial charge in [-0.3, -0.25) is 4.31 Å². The molecule has 0 aliphatic carbocycles. The molecule has 0 saturated carbocycles. The molecule has 0 spiro atoms. The van der Waals surface area contributed by atoms with Crippen LogP contribution in [0.4, 0.5) is 5.69 Å². The Hall–Kier alpha value is -1.16. The van der Waals surface area contributed by atoms with Crippen LogP contribution in [-0.2, 0) is 10.0 Å². The fourth-order valence-electron chi connectivity index (χ4n) is 2.07. The molecule has 2 aromatic carbocycles. The molecule has 0 fully saturated rings. The minimum atomic E-state index is -3.84. The van der Waals surface area contributed by atoms with E-state index in [1.807, 2.05) is 35.6 Å². The van der Waals surface area contributed by atoms with Crippen molar-refractivity contribution in [2.45, 2.75) is 17.9 Å². The first-order chi connectivity index (χ1) is 10.9. The molecule has 124 valence electrons. The Labute approximate surface area is 149 Å². The highest BCUT2D eigenvalue weighted by Gasteiger charge is 2.28. The summed E-state index contributed by atoms with van der Waals surface area (Å²) in [6, 6.07) is 13.5. The molecule has 0 saturated heterocycles. The van der Waals surface area contributed by atoms with Crippen LogP contribution in [0.25, 0.3) is 0 Å². The standard InChI is InChI=1S/C16H18INO4S/c1-12-6-8-14(9-7-12)23(21,22)18(10-13(20)11-19)16-5-3-2-4-15(16)17/h2-9,13,19-20H,10-11H2,1H3. The van der Waals surface area contributed by atoms with Crippen molar-refractivity contribution in [1.82, 2.24) is 0 Å². The Balaban J connectivity index is 2.52. The van der Waals surface area contributed by atoms with Crippen LogP contribution in [0.3, 0.4) is 0 Å². The van der Waals surface area contributed by atoms with Gasteiger partial charge in [0.05, 0.1) is 29.8 Å². The van der Waals surface area contributed by atoms with Crippen LogP contribution in [0.1, 0.15) is 5.56 Å². The molecular weight excluding hydrogens is 429 g/mol. The Morgan fingerprint density at radius 2 is 1.74 bits per heavy atom. The lowest BCUT2D eigenvalue weighted by Crippen LogP contribution is -2.39. The van der Waals surface area contributed by atoms with Crippen LogP contribution in [0.15, 0.2) is 53.4 Å². The minimum Gasteiger partial charge on any atom is -0.394 e. The zero-order valence-electron chi connectivity index (χ0n) is 12.6. The third kappa shape index (κ3) is 4.23. The molecular formula is C16H18INO4S. The molecule has 1 unspecified atom stereocenters. The second-order valence-corrected chi connectivity index (χ2v) is 8.16. The number of sulfonamides is 1. The van der Waals surface area contributed by atoms with Crippen LogP contribution >= 0.6 is 22.6 Å². The van der Waals surface area contributed by atoms with Crippen LogP contribution in [0.2, 0.25) is 0 Å². The first kappa shape index (κ1) is 18.2. The molecule has 2 aromatic rings. The predicted molar refractivity (Wildman–Crippen MR) is 98.0 cm³/mol. The summed E-state index contributed by atoms with van der Waals surface area (Å²) in [5.74, 6) is 0. The monoisotopic (exact) mass is 447 g/mol. The van der Waals surface area contributed by atoms with E-state index >= 15 is 0 Å². The van der Waals surface area contributed by atoms with Crippen molar-refractivity contribution >= 4 is 38.3 Å². The SMILES string of the molecule is Cc1ccc(S(=O)(=O)N(CC(O)CO)c2ccccc2I)cc1. The predicted octanol–water partition coefficient (Wildman–Crippen LogP) is 2.15. The third-order valence-electron chi connectivity index (χ3n) is 3.32. The largest absolute Gasteiger partial charge is 0.394 e. The van der Waals surface area contributed by atoms with E-state index < -0.39 is 22.7 Å². The summed E-state index contributed by atoms with van der Waals surface area (Å²) in [6.07, 6.45) is -1.16. The summed E-state index contributed by atoms with van der Waals surface area (Å²) >= 11 is 2.05. The summed E-state index contributed by atoms with van der Waals surface area (Å²) in [6.45, 7) is 1.15.